The van der Waals surface area contributed by atoms with Gasteiger partial charge in [-0.3, -0.25) is 25.0 Å². The van der Waals surface area contributed by atoms with Crippen LogP contribution in [0.5, 0.6) is 0 Å². The number of nitro groups is 1. The Kier molecular flexibility index (Phi) is 8.32. The fraction of sp³-hybridized carbons (Fsp3) is 0.276. The predicted octanol–water partition coefficient (Wildman–Crippen LogP) is 5.27. The Hall–Kier alpha value is -4.06. The van der Waals surface area contributed by atoms with Gasteiger partial charge in [0, 0.05) is 44.4 Å². The van der Waals surface area contributed by atoms with E-state index in [1.165, 1.54) is 55.6 Å². The van der Waals surface area contributed by atoms with Crippen LogP contribution in [0.4, 0.5) is 15.8 Å². The first-order valence-corrected chi connectivity index (χ1v) is 13.1. The maximum absolute atomic E-state index is 15.5. The molecule has 4 atom stereocenters. The van der Waals surface area contributed by atoms with Crippen LogP contribution >= 0.6 is 23.2 Å². The second-order valence-corrected chi connectivity index (χ2v) is 10.8. The molecule has 2 aliphatic heterocycles. The molecule has 1 spiro atoms. The number of nitrogens with one attached hydrogen (secondary N) is 2. The van der Waals surface area contributed by atoms with E-state index in [1.54, 1.807) is 6.92 Å². The molecule has 5 rings (SSSR count). The lowest BCUT2D eigenvalue weighted by Crippen LogP contribution is -2.49. The third-order valence-electron chi connectivity index (χ3n) is 7.71. The Labute approximate surface area is 250 Å². The van der Waals surface area contributed by atoms with E-state index in [-0.39, 0.29) is 34.8 Å². The summed E-state index contributed by atoms with van der Waals surface area (Å²) in [4.78, 5) is 51.4. The molecule has 2 aliphatic rings. The molecule has 0 unspecified atom stereocenters. The molecule has 1 fully saturated rings. The first-order chi connectivity index (χ1) is 19.4. The molecule has 1 amide bonds. The Bertz CT molecular complexity index is 1650. The van der Waals surface area contributed by atoms with Gasteiger partial charge in [0.05, 0.1) is 29.7 Å². The highest BCUT2D eigenvalue weighted by Gasteiger charge is 2.67. The minimum absolute atomic E-state index is 0. The summed E-state index contributed by atoms with van der Waals surface area (Å²) in [6.45, 7) is 1.59. The molecule has 4 N–H and O–H groups in total. The molecular weight excluding hydrogens is 590 g/mol. The van der Waals surface area contributed by atoms with E-state index in [9.17, 15) is 24.5 Å². The smallest absolute Gasteiger partial charge is 0.338 e. The molecule has 0 aromatic heterocycles. The number of esters is 1. The van der Waals surface area contributed by atoms with Gasteiger partial charge in [-0.05, 0) is 42.8 Å². The van der Waals surface area contributed by atoms with Crippen molar-refractivity contribution in [1.82, 2.24) is 5.32 Å². The number of anilines is 2. The standard InChI is InChI=1S/C28H23Cl2FN4O6.CH4/c1-12-8-16(19(32)10-15(12)26(37)41-2)22(36)11-21-25(35(39)40)23(14-4-3-5-18(30)24(14)31)28(34-21)17-7-6-13(29)9-20(17)33-27(28)38;/h3-10,21,23,25,34H,11,32H2,1-2H3,(H,33,38);1H4/t21-,23-,25+,28+;/m0./s1. The summed E-state index contributed by atoms with van der Waals surface area (Å²) in [5.74, 6) is -4.20. The molecule has 10 nitrogen and oxygen atoms in total. The van der Waals surface area contributed by atoms with Crippen molar-refractivity contribution >= 4 is 52.2 Å². The Morgan fingerprint density at radius 2 is 1.88 bits per heavy atom. The first-order valence-electron chi connectivity index (χ1n) is 12.4. The largest absolute Gasteiger partial charge is 0.465 e. The number of Topliss-reactive ketones (excluding diaryl/α,β-unsaturated/α-hetero) is 1. The van der Waals surface area contributed by atoms with Gasteiger partial charge in [0.25, 0.3) is 0 Å². The van der Waals surface area contributed by atoms with Crippen LogP contribution in [-0.4, -0.2) is 41.8 Å². The van der Waals surface area contributed by atoms with Crippen LogP contribution in [0.3, 0.4) is 0 Å². The summed E-state index contributed by atoms with van der Waals surface area (Å²) in [6, 6.07) is 8.43. The van der Waals surface area contributed by atoms with Gasteiger partial charge in [-0.15, -0.1) is 0 Å². The average Bonchev–Trinajstić information content (AvgIpc) is 3.39. The van der Waals surface area contributed by atoms with Gasteiger partial charge in [0.2, 0.25) is 11.9 Å². The number of ketones is 1. The zero-order valence-electron chi connectivity index (χ0n) is 21.7. The van der Waals surface area contributed by atoms with Crippen molar-refractivity contribution in [2.75, 3.05) is 18.2 Å². The number of nitrogens with two attached hydrogens (primary N) is 1. The van der Waals surface area contributed by atoms with E-state index in [0.717, 1.165) is 0 Å². The lowest BCUT2D eigenvalue weighted by molar-refractivity contribution is -0.526. The maximum Gasteiger partial charge on any atom is 0.338 e. The average molecular weight is 617 g/mol. The number of amides is 1. The summed E-state index contributed by atoms with van der Waals surface area (Å²) in [7, 11) is 1.21. The van der Waals surface area contributed by atoms with Crippen molar-refractivity contribution in [1.29, 1.82) is 0 Å². The number of carbonyl (C=O) groups excluding carboxylic acids is 3. The fourth-order valence-electron chi connectivity index (χ4n) is 5.94. The van der Waals surface area contributed by atoms with Gasteiger partial charge in [-0.25, -0.2) is 9.18 Å². The molecule has 0 bridgehead atoms. The molecule has 3 aromatic rings. The highest BCUT2D eigenvalue weighted by atomic mass is 35.5. The number of nitrogens with zero attached hydrogens (tertiary/aromatic N) is 1. The molecule has 2 heterocycles. The van der Waals surface area contributed by atoms with Gasteiger partial charge in [-0.1, -0.05) is 48.8 Å². The third kappa shape index (κ3) is 4.77. The van der Waals surface area contributed by atoms with Crippen molar-refractivity contribution < 1.29 is 28.4 Å². The number of nitrogen functional groups attached to an aromatic ring is 1. The van der Waals surface area contributed by atoms with Crippen LogP contribution < -0.4 is 16.4 Å². The number of methoxy groups -OCH3 is 1. The lowest BCUT2D eigenvalue weighted by atomic mass is 9.74. The Morgan fingerprint density at radius 3 is 2.55 bits per heavy atom. The maximum atomic E-state index is 15.5. The number of halogens is 3. The van der Waals surface area contributed by atoms with Crippen LogP contribution in [-0.2, 0) is 15.1 Å². The highest BCUT2D eigenvalue weighted by Crippen LogP contribution is 2.54. The zero-order valence-corrected chi connectivity index (χ0v) is 23.2. The molecule has 0 aliphatic carbocycles. The van der Waals surface area contributed by atoms with Gasteiger partial charge in [-0.2, -0.15) is 0 Å². The summed E-state index contributed by atoms with van der Waals surface area (Å²) in [6.07, 6.45) is -0.469. The van der Waals surface area contributed by atoms with E-state index in [0.29, 0.717) is 21.8 Å². The van der Waals surface area contributed by atoms with Crippen molar-refractivity contribution in [2.45, 2.75) is 44.3 Å². The first kappa shape index (κ1) is 30.9. The highest BCUT2D eigenvalue weighted by molar-refractivity contribution is 6.31. The number of ether oxygens (including phenoxy) is 1. The third-order valence-corrected chi connectivity index (χ3v) is 8.24. The molecular formula is C29H27Cl2FN4O6. The molecule has 42 heavy (non-hydrogen) atoms. The normalized spacial score (nSPS) is 22.3. The lowest BCUT2D eigenvalue weighted by Gasteiger charge is -2.30. The Balaban J connectivity index is 0.00000405. The second-order valence-electron chi connectivity index (χ2n) is 9.97. The molecule has 220 valence electrons. The van der Waals surface area contributed by atoms with E-state index < -0.39 is 58.4 Å². The minimum atomic E-state index is -1.83. The van der Waals surface area contributed by atoms with E-state index in [2.05, 4.69) is 10.6 Å². The molecule has 13 heteroatoms. The molecule has 1 saturated heterocycles. The number of hydrogen-bond acceptors (Lipinski definition) is 8. The second kappa shape index (κ2) is 11.3. The van der Waals surface area contributed by atoms with Crippen molar-refractivity contribution in [3.05, 3.63) is 102 Å². The van der Waals surface area contributed by atoms with Crippen molar-refractivity contribution in [3.8, 4) is 0 Å². The summed E-state index contributed by atoms with van der Waals surface area (Å²) >= 11 is 12.2. The number of rotatable bonds is 6. The summed E-state index contributed by atoms with van der Waals surface area (Å²) < 4.78 is 20.3. The van der Waals surface area contributed by atoms with Crippen LogP contribution in [0.25, 0.3) is 0 Å². The number of fused-ring (bicyclic) bond motifs is 2. The number of benzene rings is 3. The molecule has 0 saturated carbocycles. The quantitative estimate of drug-likeness (QED) is 0.111. The van der Waals surface area contributed by atoms with Gasteiger partial charge in [0.1, 0.15) is 11.4 Å². The summed E-state index contributed by atoms with van der Waals surface area (Å²) in [5.41, 5.74) is 5.32. The van der Waals surface area contributed by atoms with Crippen molar-refractivity contribution in [3.63, 3.8) is 0 Å². The number of carbonyl (C=O) groups is 3. The van der Waals surface area contributed by atoms with Crippen LogP contribution in [0.15, 0.2) is 48.5 Å². The monoisotopic (exact) mass is 616 g/mol. The van der Waals surface area contributed by atoms with E-state index in [1.807, 2.05) is 0 Å². The number of aryl methyl sites for hydroxylation is 1. The van der Waals surface area contributed by atoms with Crippen LogP contribution in [0.1, 0.15) is 57.2 Å². The van der Waals surface area contributed by atoms with E-state index in [4.69, 9.17) is 33.7 Å². The SMILES string of the molecule is C.COC(=O)c1cc(N)c(C(=O)C[C@@H]2N[C@@]3(C(=O)Nc4cc(Cl)ccc43)[C@@H](c3cccc(Cl)c3F)[C@@H]2[N+](=O)[O-])cc1C. The van der Waals surface area contributed by atoms with Crippen LogP contribution in [0.2, 0.25) is 10.0 Å². The topological polar surface area (TPSA) is 154 Å². The van der Waals surface area contributed by atoms with Gasteiger partial charge >= 0.3 is 5.97 Å². The fourth-order valence-corrected chi connectivity index (χ4v) is 6.29. The van der Waals surface area contributed by atoms with Crippen molar-refractivity contribution in [2.24, 2.45) is 0 Å². The van der Waals surface area contributed by atoms with Crippen LogP contribution in [0, 0.1) is 22.9 Å². The van der Waals surface area contributed by atoms with E-state index >= 15 is 4.39 Å². The Morgan fingerprint density at radius 1 is 1.17 bits per heavy atom. The summed E-state index contributed by atoms with van der Waals surface area (Å²) in [5, 5.41) is 18.4. The zero-order chi connectivity index (χ0) is 29.8. The molecule has 0 radical (unpaired) electrons. The van der Waals surface area contributed by atoms with Gasteiger partial charge < -0.3 is 15.8 Å². The number of hydrogen-bond donors (Lipinski definition) is 3. The predicted molar refractivity (Wildman–Crippen MR) is 156 cm³/mol. The minimum Gasteiger partial charge on any atom is -0.465 e. The molecule has 3 aromatic carbocycles. The van der Waals surface area contributed by atoms with Gasteiger partial charge in [0.15, 0.2) is 5.78 Å².